The summed E-state index contributed by atoms with van der Waals surface area (Å²) in [6.45, 7) is 2.05. The van der Waals surface area contributed by atoms with Gasteiger partial charge in [0.2, 0.25) is 6.17 Å². The topological polar surface area (TPSA) is 114 Å². The molecule has 80 valence electrons. The first-order valence-corrected chi connectivity index (χ1v) is 4.24. The molecule has 7 heteroatoms. The summed E-state index contributed by atoms with van der Waals surface area (Å²) in [7, 11) is 0. The summed E-state index contributed by atoms with van der Waals surface area (Å²) in [6, 6.07) is 0. The van der Waals surface area contributed by atoms with E-state index in [0.717, 1.165) is 0 Å². The highest BCUT2D eigenvalue weighted by Crippen LogP contribution is 2.05. The quantitative estimate of drug-likeness (QED) is 0.360. The molecule has 1 fully saturated rings. The van der Waals surface area contributed by atoms with Gasteiger partial charge in [-0.2, -0.15) is 0 Å². The van der Waals surface area contributed by atoms with Crippen molar-refractivity contribution in [1.82, 2.24) is 4.90 Å². The zero-order valence-corrected chi connectivity index (χ0v) is 7.72. The van der Waals surface area contributed by atoms with Crippen LogP contribution in [0.5, 0.6) is 0 Å². The van der Waals surface area contributed by atoms with E-state index in [-0.39, 0.29) is 5.96 Å². The van der Waals surface area contributed by atoms with Gasteiger partial charge in [-0.3, -0.25) is 4.90 Å². The van der Waals surface area contributed by atoms with E-state index in [0.29, 0.717) is 26.3 Å². The molecule has 0 aromatic carbocycles. The van der Waals surface area contributed by atoms with Crippen LogP contribution in [0.2, 0.25) is 0 Å². The second-order valence-corrected chi connectivity index (χ2v) is 2.91. The van der Waals surface area contributed by atoms with Gasteiger partial charge in [0, 0.05) is 13.1 Å². The van der Waals surface area contributed by atoms with Crippen molar-refractivity contribution >= 4 is 11.9 Å². The molecular formula is C7H14N4O3. The molecule has 1 heterocycles. The normalized spacial score (nSPS) is 20.0. The van der Waals surface area contributed by atoms with Crippen molar-refractivity contribution in [2.24, 2.45) is 16.5 Å². The SMILES string of the molecule is NC(N)=NC(C(=O)O)N1CCOCC1. The second kappa shape index (κ2) is 4.77. The predicted octanol–water partition coefficient (Wildman–Crippen LogP) is -2.00. The van der Waals surface area contributed by atoms with E-state index in [9.17, 15) is 4.79 Å². The Bertz CT molecular complexity index is 233. The van der Waals surface area contributed by atoms with Crippen LogP contribution in [0, 0.1) is 0 Å². The first-order valence-electron chi connectivity index (χ1n) is 4.24. The number of aliphatic imine (C=N–C) groups is 1. The van der Waals surface area contributed by atoms with Crippen molar-refractivity contribution in [3.63, 3.8) is 0 Å². The first kappa shape index (κ1) is 10.7. The molecule has 0 radical (unpaired) electrons. The van der Waals surface area contributed by atoms with E-state index in [1.807, 2.05) is 0 Å². The molecular weight excluding hydrogens is 188 g/mol. The molecule has 5 N–H and O–H groups in total. The largest absolute Gasteiger partial charge is 0.479 e. The number of guanidine groups is 1. The van der Waals surface area contributed by atoms with Crippen molar-refractivity contribution in [3.05, 3.63) is 0 Å². The van der Waals surface area contributed by atoms with Gasteiger partial charge in [0.1, 0.15) is 0 Å². The van der Waals surface area contributed by atoms with Crippen LogP contribution in [0.3, 0.4) is 0 Å². The van der Waals surface area contributed by atoms with Crippen LogP contribution in [0.25, 0.3) is 0 Å². The van der Waals surface area contributed by atoms with Crippen molar-refractivity contribution in [2.45, 2.75) is 6.17 Å². The van der Waals surface area contributed by atoms with Gasteiger partial charge in [-0.1, -0.05) is 0 Å². The molecule has 0 bridgehead atoms. The smallest absolute Gasteiger partial charge is 0.343 e. The van der Waals surface area contributed by atoms with Gasteiger partial charge in [0.15, 0.2) is 5.96 Å². The third-order valence-electron chi connectivity index (χ3n) is 1.88. The fraction of sp³-hybridized carbons (Fsp3) is 0.714. The number of morpholine rings is 1. The molecule has 1 saturated heterocycles. The Hall–Kier alpha value is -1.34. The standard InChI is InChI=1S/C7H14N4O3/c8-7(9)10-5(6(12)13)11-1-3-14-4-2-11/h5H,1-4H2,(H,12,13)(H4,8,9,10). The number of rotatable bonds is 3. The van der Waals surface area contributed by atoms with Crippen LogP contribution in [-0.2, 0) is 9.53 Å². The lowest BCUT2D eigenvalue weighted by atomic mass is 10.3. The van der Waals surface area contributed by atoms with Crippen LogP contribution in [-0.4, -0.2) is 54.4 Å². The third-order valence-corrected chi connectivity index (χ3v) is 1.88. The summed E-state index contributed by atoms with van der Waals surface area (Å²) in [5, 5.41) is 8.87. The number of hydrogen-bond donors (Lipinski definition) is 3. The van der Waals surface area contributed by atoms with E-state index >= 15 is 0 Å². The molecule has 0 spiro atoms. The van der Waals surface area contributed by atoms with Crippen molar-refractivity contribution in [1.29, 1.82) is 0 Å². The molecule has 1 unspecified atom stereocenters. The minimum Gasteiger partial charge on any atom is -0.479 e. The van der Waals surface area contributed by atoms with Gasteiger partial charge in [-0.25, -0.2) is 9.79 Å². The molecule has 0 aliphatic carbocycles. The van der Waals surface area contributed by atoms with Crippen molar-refractivity contribution in [2.75, 3.05) is 26.3 Å². The Labute approximate surface area is 81.3 Å². The van der Waals surface area contributed by atoms with Gasteiger partial charge < -0.3 is 21.3 Å². The van der Waals surface area contributed by atoms with E-state index in [4.69, 9.17) is 21.3 Å². The molecule has 1 aliphatic rings. The summed E-state index contributed by atoms with van der Waals surface area (Å²) in [6.07, 6.45) is -0.996. The minimum absolute atomic E-state index is 0.219. The average Bonchev–Trinajstić information content (AvgIpc) is 2.15. The molecule has 0 saturated carbocycles. The summed E-state index contributed by atoms with van der Waals surface area (Å²) < 4.78 is 5.09. The molecule has 1 rings (SSSR count). The fourth-order valence-corrected chi connectivity index (χ4v) is 1.26. The van der Waals surface area contributed by atoms with Gasteiger partial charge >= 0.3 is 5.97 Å². The zero-order chi connectivity index (χ0) is 10.6. The Morgan fingerprint density at radius 3 is 2.43 bits per heavy atom. The van der Waals surface area contributed by atoms with Crippen molar-refractivity contribution in [3.8, 4) is 0 Å². The number of carboxylic acids is 1. The lowest BCUT2D eigenvalue weighted by Crippen LogP contribution is -2.47. The van der Waals surface area contributed by atoms with Crippen LogP contribution < -0.4 is 11.5 Å². The fourth-order valence-electron chi connectivity index (χ4n) is 1.26. The molecule has 1 aliphatic heterocycles. The molecule has 7 nitrogen and oxygen atoms in total. The van der Waals surface area contributed by atoms with E-state index < -0.39 is 12.1 Å². The Morgan fingerprint density at radius 1 is 1.43 bits per heavy atom. The summed E-state index contributed by atoms with van der Waals surface area (Å²) in [4.78, 5) is 16.1. The number of nitrogens with zero attached hydrogens (tertiary/aromatic N) is 2. The summed E-state index contributed by atoms with van der Waals surface area (Å²) >= 11 is 0. The summed E-state index contributed by atoms with van der Waals surface area (Å²) in [5.74, 6) is -1.27. The number of ether oxygens (including phenoxy) is 1. The molecule has 0 aromatic heterocycles. The van der Waals surface area contributed by atoms with E-state index in [1.54, 1.807) is 4.90 Å². The highest BCUT2D eigenvalue weighted by atomic mass is 16.5. The second-order valence-electron chi connectivity index (χ2n) is 2.91. The number of hydrogen-bond acceptors (Lipinski definition) is 4. The Morgan fingerprint density at radius 2 is 2.00 bits per heavy atom. The lowest BCUT2D eigenvalue weighted by molar-refractivity contribution is -0.144. The van der Waals surface area contributed by atoms with Crippen LogP contribution in [0.4, 0.5) is 0 Å². The van der Waals surface area contributed by atoms with Gasteiger partial charge in [-0.15, -0.1) is 0 Å². The number of aliphatic carboxylic acids is 1. The predicted molar refractivity (Wildman–Crippen MR) is 49.6 cm³/mol. The zero-order valence-electron chi connectivity index (χ0n) is 7.72. The maximum absolute atomic E-state index is 10.8. The van der Waals surface area contributed by atoms with E-state index in [1.165, 1.54) is 0 Å². The van der Waals surface area contributed by atoms with E-state index in [2.05, 4.69) is 4.99 Å². The highest BCUT2D eigenvalue weighted by Gasteiger charge is 2.26. The molecule has 0 amide bonds. The monoisotopic (exact) mass is 202 g/mol. The molecule has 1 atom stereocenters. The van der Waals surface area contributed by atoms with Crippen molar-refractivity contribution < 1.29 is 14.6 Å². The average molecular weight is 202 g/mol. The Kier molecular flexibility index (Phi) is 3.66. The third kappa shape index (κ3) is 2.86. The van der Waals surface area contributed by atoms with Crippen LogP contribution >= 0.6 is 0 Å². The minimum atomic E-state index is -1.06. The highest BCUT2D eigenvalue weighted by molar-refractivity contribution is 5.81. The van der Waals surface area contributed by atoms with Gasteiger partial charge in [0.25, 0.3) is 0 Å². The lowest BCUT2D eigenvalue weighted by Gasteiger charge is -2.29. The van der Waals surface area contributed by atoms with Gasteiger partial charge in [0.05, 0.1) is 13.2 Å². The molecule has 14 heavy (non-hydrogen) atoms. The summed E-state index contributed by atoms with van der Waals surface area (Å²) in [5.41, 5.74) is 10.3. The van der Waals surface area contributed by atoms with Crippen LogP contribution in [0.1, 0.15) is 0 Å². The maximum atomic E-state index is 10.8. The number of carbonyl (C=O) groups is 1. The van der Waals surface area contributed by atoms with Gasteiger partial charge in [-0.05, 0) is 0 Å². The number of nitrogens with two attached hydrogens (primary N) is 2. The number of carboxylic acid groups (broad SMARTS) is 1. The van der Waals surface area contributed by atoms with Crippen LogP contribution in [0.15, 0.2) is 4.99 Å². The Balaban J connectivity index is 2.66. The first-order chi connectivity index (χ1) is 6.61. The maximum Gasteiger partial charge on any atom is 0.343 e. The molecule has 0 aromatic rings.